The summed E-state index contributed by atoms with van der Waals surface area (Å²) in [7, 11) is 0. The summed E-state index contributed by atoms with van der Waals surface area (Å²) in [5, 5.41) is 0. The molecule has 1 saturated carbocycles. The summed E-state index contributed by atoms with van der Waals surface area (Å²) in [6.07, 6.45) is 6.86. The maximum absolute atomic E-state index is 11.1. The minimum absolute atomic E-state index is 0.0115. The Bertz CT molecular complexity index is 386. The fourth-order valence-corrected chi connectivity index (χ4v) is 2.29. The molecule has 0 spiro atoms. The molecule has 2 rings (SSSR count). The first-order valence-corrected chi connectivity index (χ1v) is 6.30. The summed E-state index contributed by atoms with van der Waals surface area (Å²) in [6, 6.07) is 3.57. The molecule has 0 radical (unpaired) electrons. The van der Waals surface area contributed by atoms with Crippen molar-refractivity contribution in [1.29, 1.82) is 0 Å². The molecule has 0 saturated heterocycles. The fraction of sp³-hybridized carbons (Fsp3) is 0.571. The quantitative estimate of drug-likeness (QED) is 0.752. The molecule has 1 aliphatic carbocycles. The first kappa shape index (κ1) is 12.1. The highest BCUT2D eigenvalue weighted by Gasteiger charge is 2.22. The van der Waals surface area contributed by atoms with E-state index in [1.54, 1.807) is 12.3 Å². The topological polar surface area (TPSA) is 39.2 Å². The second kappa shape index (κ2) is 5.30. The number of aromatic nitrogens is 1. The molecule has 1 fully saturated rings. The number of ether oxygens (including phenoxy) is 1. The SMILES string of the molecule is CC(=O)c1ccc(OC2CCCCC2C)cn1. The Labute approximate surface area is 102 Å². The van der Waals surface area contributed by atoms with Crippen molar-refractivity contribution in [3.63, 3.8) is 0 Å². The molecule has 2 unspecified atom stereocenters. The van der Waals surface area contributed by atoms with E-state index in [0.717, 1.165) is 12.2 Å². The molecule has 0 aromatic carbocycles. The van der Waals surface area contributed by atoms with Crippen LogP contribution in [0.25, 0.3) is 0 Å². The Balaban J connectivity index is 2.00. The largest absolute Gasteiger partial charge is 0.489 e. The molecule has 1 aliphatic rings. The number of carbonyl (C=O) groups is 1. The van der Waals surface area contributed by atoms with Crippen molar-refractivity contribution in [1.82, 2.24) is 4.98 Å². The molecule has 2 atom stereocenters. The number of carbonyl (C=O) groups excluding carboxylic acids is 1. The Hall–Kier alpha value is -1.38. The third-order valence-corrected chi connectivity index (χ3v) is 3.42. The van der Waals surface area contributed by atoms with Crippen LogP contribution in [0.5, 0.6) is 5.75 Å². The van der Waals surface area contributed by atoms with Gasteiger partial charge in [0.2, 0.25) is 0 Å². The summed E-state index contributed by atoms with van der Waals surface area (Å²) in [4.78, 5) is 15.2. The second-order valence-corrected chi connectivity index (χ2v) is 4.85. The number of ketones is 1. The molecule has 1 aromatic rings. The van der Waals surface area contributed by atoms with Crippen LogP contribution < -0.4 is 4.74 Å². The van der Waals surface area contributed by atoms with E-state index in [2.05, 4.69) is 11.9 Å². The zero-order valence-electron chi connectivity index (χ0n) is 10.5. The second-order valence-electron chi connectivity index (χ2n) is 4.85. The highest BCUT2D eigenvalue weighted by atomic mass is 16.5. The third-order valence-electron chi connectivity index (χ3n) is 3.42. The number of hydrogen-bond donors (Lipinski definition) is 0. The number of hydrogen-bond acceptors (Lipinski definition) is 3. The summed E-state index contributed by atoms with van der Waals surface area (Å²) in [6.45, 7) is 3.76. The van der Waals surface area contributed by atoms with Crippen LogP contribution in [0.4, 0.5) is 0 Å². The van der Waals surface area contributed by atoms with Crippen LogP contribution in [0.15, 0.2) is 18.3 Å². The minimum Gasteiger partial charge on any atom is -0.489 e. The number of rotatable bonds is 3. The first-order chi connectivity index (χ1) is 8.16. The van der Waals surface area contributed by atoms with Crippen LogP contribution in [0.2, 0.25) is 0 Å². The molecule has 0 amide bonds. The normalized spacial score (nSPS) is 24.4. The standard InChI is InChI=1S/C14H19NO2/c1-10-5-3-4-6-14(10)17-12-7-8-13(11(2)16)15-9-12/h7-10,14H,3-6H2,1-2H3. The van der Waals surface area contributed by atoms with E-state index in [1.165, 1.54) is 26.2 Å². The van der Waals surface area contributed by atoms with Gasteiger partial charge in [-0.05, 0) is 37.3 Å². The average molecular weight is 233 g/mol. The van der Waals surface area contributed by atoms with Gasteiger partial charge in [-0.15, -0.1) is 0 Å². The van der Waals surface area contributed by atoms with E-state index in [1.807, 2.05) is 6.07 Å². The lowest BCUT2D eigenvalue weighted by atomic mass is 9.88. The summed E-state index contributed by atoms with van der Waals surface area (Å²) in [5.74, 6) is 1.37. The van der Waals surface area contributed by atoms with Gasteiger partial charge in [0.15, 0.2) is 5.78 Å². The van der Waals surface area contributed by atoms with Gasteiger partial charge in [-0.2, -0.15) is 0 Å². The van der Waals surface area contributed by atoms with Crippen molar-refractivity contribution in [3.05, 3.63) is 24.0 Å². The first-order valence-electron chi connectivity index (χ1n) is 6.30. The van der Waals surface area contributed by atoms with Crippen LogP contribution in [0, 0.1) is 5.92 Å². The van der Waals surface area contributed by atoms with Crippen LogP contribution >= 0.6 is 0 Å². The van der Waals surface area contributed by atoms with E-state index in [-0.39, 0.29) is 5.78 Å². The lowest BCUT2D eigenvalue weighted by Gasteiger charge is -2.29. The van der Waals surface area contributed by atoms with Crippen molar-refractivity contribution < 1.29 is 9.53 Å². The van der Waals surface area contributed by atoms with Gasteiger partial charge in [-0.1, -0.05) is 13.3 Å². The molecule has 3 nitrogen and oxygen atoms in total. The smallest absolute Gasteiger partial charge is 0.178 e. The van der Waals surface area contributed by atoms with Gasteiger partial charge in [0.1, 0.15) is 17.5 Å². The Morgan fingerprint density at radius 2 is 2.12 bits per heavy atom. The number of Topliss-reactive ketones (excluding diaryl/α,β-unsaturated/α-hetero) is 1. The molecule has 0 N–H and O–H groups in total. The minimum atomic E-state index is -0.0115. The van der Waals surface area contributed by atoms with Crippen molar-refractivity contribution in [2.75, 3.05) is 0 Å². The Morgan fingerprint density at radius 3 is 2.71 bits per heavy atom. The molecular formula is C14H19NO2. The lowest BCUT2D eigenvalue weighted by molar-refractivity contribution is 0.1000. The zero-order chi connectivity index (χ0) is 12.3. The molecule has 0 bridgehead atoms. The van der Waals surface area contributed by atoms with E-state index < -0.39 is 0 Å². The monoisotopic (exact) mass is 233 g/mol. The number of pyridine rings is 1. The zero-order valence-corrected chi connectivity index (χ0v) is 10.5. The van der Waals surface area contributed by atoms with E-state index >= 15 is 0 Å². The maximum atomic E-state index is 11.1. The molecule has 17 heavy (non-hydrogen) atoms. The van der Waals surface area contributed by atoms with E-state index in [4.69, 9.17) is 4.74 Å². The predicted octanol–water partition coefficient (Wildman–Crippen LogP) is 3.24. The summed E-state index contributed by atoms with van der Waals surface area (Å²) < 4.78 is 5.93. The van der Waals surface area contributed by atoms with Gasteiger partial charge in [0.05, 0.1) is 6.20 Å². The molecule has 1 aromatic heterocycles. The van der Waals surface area contributed by atoms with Crippen molar-refractivity contribution in [2.45, 2.75) is 45.6 Å². The van der Waals surface area contributed by atoms with E-state index in [9.17, 15) is 4.79 Å². The summed E-state index contributed by atoms with van der Waals surface area (Å²) in [5.41, 5.74) is 0.494. The number of nitrogens with zero attached hydrogens (tertiary/aromatic N) is 1. The molecular weight excluding hydrogens is 214 g/mol. The fourth-order valence-electron chi connectivity index (χ4n) is 2.29. The molecule has 3 heteroatoms. The van der Waals surface area contributed by atoms with Crippen LogP contribution in [-0.4, -0.2) is 16.9 Å². The Morgan fingerprint density at radius 1 is 1.35 bits per heavy atom. The van der Waals surface area contributed by atoms with Crippen molar-refractivity contribution in [2.24, 2.45) is 5.92 Å². The van der Waals surface area contributed by atoms with Crippen LogP contribution in [-0.2, 0) is 0 Å². The molecule has 92 valence electrons. The highest BCUT2D eigenvalue weighted by Crippen LogP contribution is 2.27. The lowest BCUT2D eigenvalue weighted by Crippen LogP contribution is -2.28. The van der Waals surface area contributed by atoms with Gasteiger partial charge < -0.3 is 4.74 Å². The van der Waals surface area contributed by atoms with Gasteiger partial charge in [0, 0.05) is 6.92 Å². The van der Waals surface area contributed by atoms with Gasteiger partial charge >= 0.3 is 0 Å². The van der Waals surface area contributed by atoms with Gasteiger partial charge in [-0.3, -0.25) is 4.79 Å². The molecule has 0 aliphatic heterocycles. The van der Waals surface area contributed by atoms with Crippen molar-refractivity contribution >= 4 is 5.78 Å². The average Bonchev–Trinajstić information content (AvgIpc) is 2.33. The predicted molar refractivity (Wildman–Crippen MR) is 66.3 cm³/mol. The van der Waals surface area contributed by atoms with Gasteiger partial charge in [0.25, 0.3) is 0 Å². The van der Waals surface area contributed by atoms with Crippen molar-refractivity contribution in [3.8, 4) is 5.75 Å². The van der Waals surface area contributed by atoms with E-state index in [0.29, 0.717) is 17.7 Å². The molecule has 1 heterocycles. The maximum Gasteiger partial charge on any atom is 0.178 e. The Kier molecular flexibility index (Phi) is 3.77. The van der Waals surface area contributed by atoms with Crippen LogP contribution in [0.3, 0.4) is 0 Å². The van der Waals surface area contributed by atoms with Gasteiger partial charge in [-0.25, -0.2) is 4.98 Å². The van der Waals surface area contributed by atoms with Crippen LogP contribution in [0.1, 0.15) is 50.0 Å². The summed E-state index contributed by atoms with van der Waals surface area (Å²) >= 11 is 0. The third kappa shape index (κ3) is 3.05. The highest BCUT2D eigenvalue weighted by molar-refractivity contribution is 5.92.